The number of anilines is 1. The fraction of sp³-hybridized carbons (Fsp3) is 0.381. The first kappa shape index (κ1) is 19.0. The van der Waals surface area contributed by atoms with E-state index in [2.05, 4.69) is 17.1 Å². The highest BCUT2D eigenvalue weighted by molar-refractivity contribution is 5.92. The molecule has 1 aliphatic rings. The summed E-state index contributed by atoms with van der Waals surface area (Å²) in [5.41, 5.74) is 2.31. The number of carbonyl (C=O) groups is 1. The molecule has 1 fully saturated rings. The fourth-order valence-electron chi connectivity index (χ4n) is 3.60. The van der Waals surface area contributed by atoms with Gasteiger partial charge in [0.15, 0.2) is 0 Å². The van der Waals surface area contributed by atoms with E-state index in [1.807, 2.05) is 24.3 Å². The lowest BCUT2D eigenvalue weighted by atomic mass is 10.00. The van der Waals surface area contributed by atoms with Gasteiger partial charge in [-0.15, -0.1) is 0 Å². The monoisotopic (exact) mass is 367 g/mol. The van der Waals surface area contributed by atoms with Crippen LogP contribution in [0.1, 0.15) is 30.9 Å². The van der Waals surface area contributed by atoms with Crippen molar-refractivity contribution in [1.82, 2.24) is 4.90 Å². The first-order chi connectivity index (χ1) is 13.0. The number of likely N-dealkylation sites (tertiary alicyclic amines) is 1. The number of nitrogens with zero attached hydrogens (tertiary/aromatic N) is 2. The molecule has 1 amide bonds. The van der Waals surface area contributed by atoms with Crippen LogP contribution in [0.5, 0.6) is 0 Å². The lowest BCUT2D eigenvalue weighted by molar-refractivity contribution is -0.385. The van der Waals surface area contributed by atoms with Crippen molar-refractivity contribution in [2.24, 2.45) is 5.92 Å². The van der Waals surface area contributed by atoms with Gasteiger partial charge >= 0.3 is 0 Å². The van der Waals surface area contributed by atoms with E-state index in [4.69, 9.17) is 0 Å². The van der Waals surface area contributed by atoms with Crippen LogP contribution in [0.2, 0.25) is 0 Å². The summed E-state index contributed by atoms with van der Waals surface area (Å²) >= 11 is 0. The van der Waals surface area contributed by atoms with Crippen molar-refractivity contribution in [2.75, 3.05) is 18.4 Å². The van der Waals surface area contributed by atoms with Crippen molar-refractivity contribution < 1.29 is 9.72 Å². The van der Waals surface area contributed by atoms with Crippen LogP contribution in [0.4, 0.5) is 11.4 Å². The number of benzene rings is 2. The summed E-state index contributed by atoms with van der Waals surface area (Å²) < 4.78 is 0. The number of nitrogens with one attached hydrogen (secondary N) is 1. The molecule has 6 nitrogen and oxygen atoms in total. The second-order valence-electron chi connectivity index (χ2n) is 7.29. The van der Waals surface area contributed by atoms with E-state index in [1.54, 1.807) is 18.2 Å². The number of piperidine rings is 1. The van der Waals surface area contributed by atoms with E-state index in [0.717, 1.165) is 25.6 Å². The number of nitro benzene ring substituents is 1. The summed E-state index contributed by atoms with van der Waals surface area (Å²) in [5, 5.41) is 13.9. The molecule has 2 aromatic carbocycles. The molecule has 0 aromatic heterocycles. The highest BCUT2D eigenvalue weighted by atomic mass is 16.6. The molecule has 6 heteroatoms. The Balaban J connectivity index is 1.56. The summed E-state index contributed by atoms with van der Waals surface area (Å²) in [6.45, 7) is 5.49. The van der Waals surface area contributed by atoms with Crippen LogP contribution in [0.25, 0.3) is 0 Å². The van der Waals surface area contributed by atoms with Gasteiger partial charge < -0.3 is 5.32 Å². The Kier molecular flexibility index (Phi) is 6.19. The predicted octanol–water partition coefficient (Wildman–Crippen LogP) is 4.01. The van der Waals surface area contributed by atoms with Gasteiger partial charge in [-0.25, -0.2) is 0 Å². The molecule has 0 bridgehead atoms. The van der Waals surface area contributed by atoms with Crippen LogP contribution < -0.4 is 5.32 Å². The Bertz CT molecular complexity index is 805. The van der Waals surface area contributed by atoms with Crippen LogP contribution >= 0.6 is 0 Å². The zero-order valence-corrected chi connectivity index (χ0v) is 15.6. The summed E-state index contributed by atoms with van der Waals surface area (Å²) in [6, 6.07) is 14.2. The van der Waals surface area contributed by atoms with E-state index in [1.165, 1.54) is 24.5 Å². The average Bonchev–Trinajstić information content (AvgIpc) is 2.63. The molecule has 27 heavy (non-hydrogen) atoms. The molecule has 1 saturated heterocycles. The normalized spacial score (nSPS) is 17.4. The first-order valence-electron chi connectivity index (χ1n) is 9.34. The number of carbonyl (C=O) groups excluding carboxylic acids is 1. The number of hydrogen-bond acceptors (Lipinski definition) is 4. The van der Waals surface area contributed by atoms with E-state index >= 15 is 0 Å². The summed E-state index contributed by atoms with van der Waals surface area (Å²) in [7, 11) is 0. The number of para-hydroxylation sites is 1. The van der Waals surface area contributed by atoms with Crippen LogP contribution in [0.3, 0.4) is 0 Å². The van der Waals surface area contributed by atoms with Gasteiger partial charge in [-0.3, -0.25) is 19.8 Å². The van der Waals surface area contributed by atoms with Gasteiger partial charge in [0.25, 0.3) is 5.69 Å². The Labute approximate surface area is 159 Å². The summed E-state index contributed by atoms with van der Waals surface area (Å²) in [4.78, 5) is 25.3. The first-order valence-corrected chi connectivity index (χ1v) is 9.34. The van der Waals surface area contributed by atoms with Crippen LogP contribution in [0.15, 0.2) is 48.5 Å². The quantitative estimate of drug-likeness (QED) is 0.618. The van der Waals surface area contributed by atoms with Gasteiger partial charge in [0.05, 0.1) is 11.3 Å². The van der Waals surface area contributed by atoms with Crippen LogP contribution in [-0.4, -0.2) is 28.8 Å². The predicted molar refractivity (Wildman–Crippen MR) is 106 cm³/mol. The van der Waals surface area contributed by atoms with E-state index in [9.17, 15) is 14.9 Å². The minimum absolute atomic E-state index is 0.0232. The van der Waals surface area contributed by atoms with Crippen molar-refractivity contribution in [3.63, 3.8) is 0 Å². The molecular formula is C21H25N3O3. The summed E-state index contributed by atoms with van der Waals surface area (Å²) in [6.07, 6.45) is 2.53. The van der Waals surface area contributed by atoms with Crippen LogP contribution in [0, 0.1) is 16.0 Å². The van der Waals surface area contributed by atoms with Gasteiger partial charge in [-0.1, -0.05) is 37.3 Å². The SMILES string of the molecule is CC1CCCN(Cc2ccc(NC(=O)Cc3ccccc3[N+](=O)[O-])cc2)C1. The molecule has 1 atom stereocenters. The third-order valence-electron chi connectivity index (χ3n) is 4.92. The minimum atomic E-state index is -0.459. The van der Waals surface area contributed by atoms with E-state index in [-0.39, 0.29) is 18.0 Å². The highest BCUT2D eigenvalue weighted by Crippen LogP contribution is 2.20. The largest absolute Gasteiger partial charge is 0.326 e. The standard InChI is InChI=1S/C21H25N3O3/c1-16-5-4-12-23(14-16)15-17-8-10-19(11-9-17)22-21(25)13-18-6-2-3-7-20(18)24(26)27/h2-3,6-11,16H,4-5,12-15H2,1H3,(H,22,25). The Hall–Kier alpha value is -2.73. The number of nitro groups is 1. The Morgan fingerprint density at radius 1 is 1.22 bits per heavy atom. The smallest absolute Gasteiger partial charge is 0.273 e. The maximum absolute atomic E-state index is 12.3. The zero-order chi connectivity index (χ0) is 19.2. The van der Waals surface area contributed by atoms with Crippen molar-refractivity contribution in [2.45, 2.75) is 32.7 Å². The van der Waals surface area contributed by atoms with Gasteiger partial charge in [-0.05, 0) is 43.0 Å². The average molecular weight is 367 g/mol. The maximum atomic E-state index is 12.3. The van der Waals surface area contributed by atoms with E-state index < -0.39 is 4.92 Å². The number of amides is 1. The van der Waals surface area contributed by atoms with Crippen molar-refractivity contribution in [3.05, 3.63) is 69.8 Å². The molecule has 142 valence electrons. The molecule has 1 unspecified atom stereocenters. The second kappa shape index (κ2) is 8.77. The van der Waals surface area contributed by atoms with Gasteiger partial charge in [0, 0.05) is 30.4 Å². The zero-order valence-electron chi connectivity index (χ0n) is 15.6. The lowest BCUT2D eigenvalue weighted by Crippen LogP contribution is -2.33. The second-order valence-corrected chi connectivity index (χ2v) is 7.29. The maximum Gasteiger partial charge on any atom is 0.273 e. The third-order valence-corrected chi connectivity index (χ3v) is 4.92. The van der Waals surface area contributed by atoms with Crippen LogP contribution in [-0.2, 0) is 17.8 Å². The molecule has 0 saturated carbocycles. The summed E-state index contributed by atoms with van der Waals surface area (Å²) in [5.74, 6) is 0.487. The van der Waals surface area contributed by atoms with Crippen molar-refractivity contribution in [3.8, 4) is 0 Å². The fourth-order valence-corrected chi connectivity index (χ4v) is 3.60. The molecule has 0 radical (unpaired) electrons. The van der Waals surface area contributed by atoms with Gasteiger partial charge in [0.1, 0.15) is 0 Å². The van der Waals surface area contributed by atoms with E-state index in [0.29, 0.717) is 11.3 Å². The molecular weight excluding hydrogens is 342 g/mol. The molecule has 3 rings (SSSR count). The van der Waals surface area contributed by atoms with Crippen molar-refractivity contribution >= 4 is 17.3 Å². The number of rotatable bonds is 6. The molecule has 1 aliphatic heterocycles. The third kappa shape index (κ3) is 5.37. The Morgan fingerprint density at radius 3 is 2.67 bits per heavy atom. The topological polar surface area (TPSA) is 75.5 Å². The molecule has 2 aromatic rings. The molecule has 1 N–H and O–H groups in total. The Morgan fingerprint density at radius 2 is 1.96 bits per heavy atom. The lowest BCUT2D eigenvalue weighted by Gasteiger charge is -2.30. The van der Waals surface area contributed by atoms with Gasteiger partial charge in [0.2, 0.25) is 5.91 Å². The van der Waals surface area contributed by atoms with Crippen molar-refractivity contribution in [1.29, 1.82) is 0 Å². The van der Waals surface area contributed by atoms with Gasteiger partial charge in [-0.2, -0.15) is 0 Å². The number of hydrogen-bond donors (Lipinski definition) is 1. The highest BCUT2D eigenvalue weighted by Gasteiger charge is 2.17. The molecule has 1 heterocycles. The molecule has 0 spiro atoms. The minimum Gasteiger partial charge on any atom is -0.326 e. The molecule has 0 aliphatic carbocycles.